The molecule has 0 aliphatic rings. The van der Waals surface area contributed by atoms with E-state index in [-0.39, 0.29) is 12.1 Å². The Morgan fingerprint density at radius 2 is 2.05 bits per heavy atom. The highest BCUT2D eigenvalue weighted by Crippen LogP contribution is 2.14. The van der Waals surface area contributed by atoms with Gasteiger partial charge in [-0.1, -0.05) is 0 Å². The number of rotatable bonds is 5. The minimum atomic E-state index is -0.851. The number of imidazole rings is 1. The van der Waals surface area contributed by atoms with Crippen LogP contribution in [0.5, 0.6) is 0 Å². The van der Waals surface area contributed by atoms with Gasteiger partial charge in [0.05, 0.1) is 11.3 Å². The monoisotopic (exact) mass is 262 g/mol. The molecule has 1 N–H and O–H groups in total. The quantitative estimate of drug-likeness (QED) is 0.497. The van der Waals surface area contributed by atoms with Gasteiger partial charge in [-0.15, -0.1) is 0 Å². The molecule has 7 heteroatoms. The van der Waals surface area contributed by atoms with E-state index in [0.29, 0.717) is 6.54 Å². The van der Waals surface area contributed by atoms with E-state index in [0.717, 1.165) is 5.69 Å². The van der Waals surface area contributed by atoms with Gasteiger partial charge in [0, 0.05) is 12.1 Å². The van der Waals surface area contributed by atoms with Crippen LogP contribution in [0.1, 0.15) is 6.42 Å². The van der Waals surface area contributed by atoms with E-state index in [1.54, 1.807) is 40.0 Å². The number of aromatic nitrogens is 2. The number of hydrogen-bond donors (Lipinski definition) is 1. The zero-order valence-electron chi connectivity index (χ0n) is 9.97. The summed E-state index contributed by atoms with van der Waals surface area (Å²) < 4.78 is 3.51. The standard InChI is InChI=1S/C12H11N3O4/c16-12(17)5-6-13-7-8-14(9-13)10-1-3-11(4-2-10)15(18)19/h1-4,7-9H,5-6H2/p+1. The third-order valence-electron chi connectivity index (χ3n) is 2.63. The van der Waals surface area contributed by atoms with E-state index in [2.05, 4.69) is 0 Å². The molecule has 98 valence electrons. The van der Waals surface area contributed by atoms with Crippen molar-refractivity contribution in [3.8, 4) is 5.69 Å². The Bertz CT molecular complexity index is 604. The molecule has 0 amide bonds. The molecule has 19 heavy (non-hydrogen) atoms. The van der Waals surface area contributed by atoms with E-state index < -0.39 is 10.9 Å². The summed E-state index contributed by atoms with van der Waals surface area (Å²) in [6, 6.07) is 6.13. The number of nitro benzene ring substituents is 1. The van der Waals surface area contributed by atoms with Crippen LogP contribution in [-0.2, 0) is 11.3 Å². The van der Waals surface area contributed by atoms with Crippen LogP contribution in [0.15, 0.2) is 43.0 Å². The van der Waals surface area contributed by atoms with E-state index in [1.807, 2.05) is 0 Å². The molecular weight excluding hydrogens is 250 g/mol. The van der Waals surface area contributed by atoms with Crippen LogP contribution in [-0.4, -0.2) is 20.6 Å². The molecule has 1 aromatic heterocycles. The largest absolute Gasteiger partial charge is 0.481 e. The van der Waals surface area contributed by atoms with Crippen molar-refractivity contribution in [1.29, 1.82) is 0 Å². The second kappa shape index (κ2) is 5.30. The summed E-state index contributed by atoms with van der Waals surface area (Å²) in [4.78, 5) is 20.6. The first-order valence-electron chi connectivity index (χ1n) is 5.60. The van der Waals surface area contributed by atoms with Crippen LogP contribution in [0.3, 0.4) is 0 Å². The van der Waals surface area contributed by atoms with E-state index in [4.69, 9.17) is 5.11 Å². The smallest absolute Gasteiger partial charge is 0.307 e. The van der Waals surface area contributed by atoms with Gasteiger partial charge in [0.25, 0.3) is 5.69 Å². The normalized spacial score (nSPS) is 10.3. The van der Waals surface area contributed by atoms with Gasteiger partial charge in [-0.3, -0.25) is 14.9 Å². The maximum atomic E-state index is 10.5. The Morgan fingerprint density at radius 3 is 2.63 bits per heavy atom. The van der Waals surface area contributed by atoms with Gasteiger partial charge in [0.15, 0.2) is 0 Å². The molecule has 0 spiro atoms. The van der Waals surface area contributed by atoms with Crippen LogP contribution < -0.4 is 4.57 Å². The second-order valence-corrected chi connectivity index (χ2v) is 3.98. The van der Waals surface area contributed by atoms with Gasteiger partial charge in [-0.25, -0.2) is 9.13 Å². The molecule has 7 nitrogen and oxygen atoms in total. The van der Waals surface area contributed by atoms with Crippen molar-refractivity contribution >= 4 is 11.7 Å². The Kier molecular flexibility index (Phi) is 3.56. The number of non-ortho nitro benzene ring substituents is 1. The Balaban J connectivity index is 2.13. The van der Waals surface area contributed by atoms with E-state index >= 15 is 0 Å². The fourth-order valence-corrected chi connectivity index (χ4v) is 1.65. The highest BCUT2D eigenvalue weighted by Gasteiger charge is 2.10. The molecule has 0 saturated carbocycles. The number of aryl methyl sites for hydroxylation is 1. The van der Waals surface area contributed by atoms with Gasteiger partial charge >= 0.3 is 5.97 Å². The number of aliphatic carboxylic acids is 1. The van der Waals surface area contributed by atoms with Crippen molar-refractivity contribution in [2.45, 2.75) is 13.0 Å². The lowest BCUT2D eigenvalue weighted by Crippen LogP contribution is -2.32. The zero-order chi connectivity index (χ0) is 13.8. The summed E-state index contributed by atoms with van der Waals surface area (Å²) in [5.74, 6) is -0.851. The Labute approximate surface area is 108 Å². The van der Waals surface area contributed by atoms with Crippen LogP contribution >= 0.6 is 0 Å². The molecular formula is C12H12N3O4+. The van der Waals surface area contributed by atoms with Gasteiger partial charge < -0.3 is 5.11 Å². The molecule has 0 radical (unpaired) electrons. The van der Waals surface area contributed by atoms with Crippen molar-refractivity contribution in [2.24, 2.45) is 0 Å². The number of nitro groups is 1. The third-order valence-corrected chi connectivity index (χ3v) is 2.63. The highest BCUT2D eigenvalue weighted by molar-refractivity contribution is 5.66. The van der Waals surface area contributed by atoms with Crippen LogP contribution in [0.25, 0.3) is 5.69 Å². The predicted molar refractivity (Wildman–Crippen MR) is 64.9 cm³/mol. The molecule has 0 fully saturated rings. The lowest BCUT2D eigenvalue weighted by molar-refractivity contribution is -0.695. The maximum Gasteiger partial charge on any atom is 0.307 e. The van der Waals surface area contributed by atoms with Crippen molar-refractivity contribution in [2.75, 3.05) is 0 Å². The van der Waals surface area contributed by atoms with E-state index in [1.165, 1.54) is 12.1 Å². The topological polar surface area (TPSA) is 89.2 Å². The maximum absolute atomic E-state index is 10.5. The fourth-order valence-electron chi connectivity index (χ4n) is 1.65. The highest BCUT2D eigenvalue weighted by atomic mass is 16.6. The molecule has 0 atom stereocenters. The first kappa shape index (κ1) is 12.7. The van der Waals surface area contributed by atoms with Crippen molar-refractivity contribution in [3.05, 3.63) is 53.1 Å². The summed E-state index contributed by atoms with van der Waals surface area (Å²) in [6.07, 6.45) is 5.31. The number of carboxylic acids is 1. The number of nitrogens with zero attached hydrogens (tertiary/aromatic N) is 3. The lowest BCUT2D eigenvalue weighted by Gasteiger charge is -1.95. The molecule has 0 aliphatic carbocycles. The number of benzene rings is 1. The number of hydrogen-bond acceptors (Lipinski definition) is 3. The zero-order valence-corrected chi connectivity index (χ0v) is 9.97. The minimum absolute atomic E-state index is 0.0367. The van der Waals surface area contributed by atoms with Gasteiger partial charge in [-0.2, -0.15) is 0 Å². The second-order valence-electron chi connectivity index (χ2n) is 3.98. The van der Waals surface area contributed by atoms with Gasteiger partial charge in [0.1, 0.15) is 24.6 Å². The summed E-state index contributed by atoms with van der Waals surface area (Å²) in [7, 11) is 0. The first-order valence-corrected chi connectivity index (χ1v) is 5.60. The molecule has 2 rings (SSSR count). The fraction of sp³-hybridized carbons (Fsp3) is 0.167. The van der Waals surface area contributed by atoms with Crippen LogP contribution in [0, 0.1) is 10.1 Å². The molecule has 0 bridgehead atoms. The summed E-state index contributed by atoms with van der Waals surface area (Å²) >= 11 is 0. The number of carboxylic acid groups (broad SMARTS) is 1. The van der Waals surface area contributed by atoms with Crippen molar-refractivity contribution in [3.63, 3.8) is 0 Å². The average molecular weight is 262 g/mol. The molecule has 1 aromatic carbocycles. The van der Waals surface area contributed by atoms with Crippen molar-refractivity contribution < 1.29 is 19.4 Å². The summed E-state index contributed by atoms with van der Waals surface area (Å²) in [5.41, 5.74) is 0.814. The minimum Gasteiger partial charge on any atom is -0.481 e. The Hall–Kier alpha value is -2.70. The first-order chi connectivity index (χ1) is 9.06. The lowest BCUT2D eigenvalue weighted by atomic mass is 10.3. The number of carbonyl (C=O) groups is 1. The van der Waals surface area contributed by atoms with E-state index in [9.17, 15) is 14.9 Å². The van der Waals surface area contributed by atoms with Gasteiger partial charge in [0.2, 0.25) is 6.33 Å². The summed E-state index contributed by atoms with van der Waals surface area (Å²) in [5, 5.41) is 19.1. The SMILES string of the molecule is O=C(O)CC[n+]1ccn(-c2ccc([N+](=O)[O-])cc2)c1. The molecule has 0 saturated heterocycles. The van der Waals surface area contributed by atoms with Crippen molar-refractivity contribution in [1.82, 2.24) is 4.57 Å². The predicted octanol–water partition coefficient (Wildman–Crippen LogP) is 1.15. The third kappa shape index (κ3) is 3.15. The summed E-state index contributed by atoms with van der Waals surface area (Å²) in [6.45, 7) is 0.384. The Morgan fingerprint density at radius 1 is 1.37 bits per heavy atom. The molecule has 2 aromatic rings. The average Bonchev–Trinajstić information content (AvgIpc) is 2.85. The van der Waals surface area contributed by atoms with Crippen LogP contribution in [0.2, 0.25) is 0 Å². The van der Waals surface area contributed by atoms with Crippen LogP contribution in [0.4, 0.5) is 5.69 Å². The molecule has 0 aliphatic heterocycles. The molecule has 1 heterocycles. The molecule has 0 unspecified atom stereocenters. The van der Waals surface area contributed by atoms with Gasteiger partial charge in [-0.05, 0) is 12.1 Å².